The first-order valence-corrected chi connectivity index (χ1v) is 10.3. The summed E-state index contributed by atoms with van der Waals surface area (Å²) >= 11 is 0. The van der Waals surface area contributed by atoms with Gasteiger partial charge in [-0.3, -0.25) is 5.10 Å². The Hall–Kier alpha value is -3.13. The molecule has 0 bridgehead atoms. The van der Waals surface area contributed by atoms with E-state index in [1.807, 2.05) is 30.3 Å². The van der Waals surface area contributed by atoms with E-state index in [1.54, 1.807) is 20.4 Å². The lowest BCUT2D eigenvalue weighted by atomic mass is 10.2. The van der Waals surface area contributed by atoms with Gasteiger partial charge in [0.2, 0.25) is 0 Å². The molecule has 0 aliphatic carbocycles. The van der Waals surface area contributed by atoms with Gasteiger partial charge in [0.15, 0.2) is 11.6 Å². The van der Waals surface area contributed by atoms with Crippen LogP contribution in [0.3, 0.4) is 0 Å². The van der Waals surface area contributed by atoms with E-state index in [2.05, 4.69) is 30.4 Å². The molecule has 0 atom stereocenters. The minimum atomic E-state index is 0.575. The lowest BCUT2D eigenvalue weighted by Crippen LogP contribution is -2.22. The number of H-pyrrole nitrogens is 1. The van der Waals surface area contributed by atoms with Crippen molar-refractivity contribution in [2.45, 2.75) is 19.3 Å². The van der Waals surface area contributed by atoms with Gasteiger partial charge in [0, 0.05) is 24.4 Å². The van der Waals surface area contributed by atoms with Crippen LogP contribution in [0.4, 0.5) is 5.82 Å². The molecule has 3 heterocycles. The Labute approximate surface area is 176 Å². The van der Waals surface area contributed by atoms with Gasteiger partial charge in [-0.1, -0.05) is 0 Å². The maximum Gasteiger partial charge on any atom is 0.181 e. The normalized spacial score (nSPS) is 14.1. The van der Waals surface area contributed by atoms with E-state index in [0.717, 1.165) is 36.5 Å². The summed E-state index contributed by atoms with van der Waals surface area (Å²) < 4.78 is 10.7. The SMILES string of the molecule is COc1cc(OC)cc(-c2n[nH]c(-c3cccnc3NCCCN3CCCC3)n2)c1. The smallest absolute Gasteiger partial charge is 0.181 e. The van der Waals surface area contributed by atoms with Crippen LogP contribution in [0.5, 0.6) is 11.5 Å². The molecule has 1 fully saturated rings. The molecule has 0 spiro atoms. The van der Waals surface area contributed by atoms with Gasteiger partial charge in [-0.15, -0.1) is 0 Å². The lowest BCUT2D eigenvalue weighted by molar-refractivity contribution is 0.337. The Morgan fingerprint density at radius 2 is 1.87 bits per heavy atom. The highest BCUT2D eigenvalue weighted by atomic mass is 16.5. The van der Waals surface area contributed by atoms with E-state index in [-0.39, 0.29) is 0 Å². The number of nitrogens with one attached hydrogen (secondary N) is 2. The number of methoxy groups -OCH3 is 2. The molecule has 4 rings (SSSR count). The highest BCUT2D eigenvalue weighted by molar-refractivity contribution is 5.71. The molecule has 0 amide bonds. The molecule has 8 heteroatoms. The number of benzene rings is 1. The zero-order valence-corrected chi connectivity index (χ0v) is 17.5. The number of anilines is 1. The molecule has 0 radical (unpaired) electrons. The van der Waals surface area contributed by atoms with Crippen LogP contribution >= 0.6 is 0 Å². The summed E-state index contributed by atoms with van der Waals surface area (Å²) in [6.45, 7) is 4.45. The van der Waals surface area contributed by atoms with Crippen molar-refractivity contribution in [2.24, 2.45) is 0 Å². The summed E-state index contributed by atoms with van der Waals surface area (Å²) in [6.07, 6.45) is 5.52. The molecular weight excluding hydrogens is 380 g/mol. The van der Waals surface area contributed by atoms with Crippen LogP contribution < -0.4 is 14.8 Å². The predicted molar refractivity (Wildman–Crippen MR) is 117 cm³/mol. The highest BCUT2D eigenvalue weighted by Gasteiger charge is 2.14. The number of hydrogen-bond acceptors (Lipinski definition) is 7. The van der Waals surface area contributed by atoms with Crippen LogP contribution in [0.1, 0.15) is 19.3 Å². The third kappa shape index (κ3) is 4.71. The summed E-state index contributed by atoms with van der Waals surface area (Å²) in [4.78, 5) is 11.7. The van der Waals surface area contributed by atoms with Crippen molar-refractivity contribution in [2.75, 3.05) is 45.7 Å². The Morgan fingerprint density at radius 1 is 1.10 bits per heavy atom. The second kappa shape index (κ2) is 9.58. The average molecular weight is 409 g/mol. The fourth-order valence-electron chi connectivity index (χ4n) is 3.70. The molecule has 2 aromatic heterocycles. The summed E-state index contributed by atoms with van der Waals surface area (Å²) in [6, 6.07) is 9.49. The maximum atomic E-state index is 5.35. The Morgan fingerprint density at radius 3 is 2.60 bits per heavy atom. The van der Waals surface area contributed by atoms with Crippen molar-refractivity contribution < 1.29 is 9.47 Å². The van der Waals surface area contributed by atoms with Gasteiger partial charge >= 0.3 is 0 Å². The fraction of sp³-hybridized carbons (Fsp3) is 0.409. The van der Waals surface area contributed by atoms with Crippen molar-refractivity contribution >= 4 is 5.82 Å². The minimum absolute atomic E-state index is 0.575. The first kappa shape index (κ1) is 20.2. The van der Waals surface area contributed by atoms with Crippen LogP contribution in [0.25, 0.3) is 22.8 Å². The molecule has 158 valence electrons. The summed E-state index contributed by atoms with van der Waals surface area (Å²) in [7, 11) is 3.25. The molecule has 3 aromatic rings. The number of aromatic amines is 1. The van der Waals surface area contributed by atoms with Gasteiger partial charge < -0.3 is 19.7 Å². The molecule has 0 unspecified atom stereocenters. The number of nitrogens with zero attached hydrogens (tertiary/aromatic N) is 4. The van der Waals surface area contributed by atoms with Gasteiger partial charge in [0.05, 0.1) is 19.8 Å². The number of pyridine rings is 1. The standard InChI is InChI=1S/C22H28N6O2/c1-29-17-13-16(14-18(15-17)30-2)20-25-22(27-26-20)19-7-5-8-23-21(19)24-9-6-12-28-10-3-4-11-28/h5,7-8,13-15H,3-4,6,9-12H2,1-2H3,(H,23,24)(H,25,26,27). The van der Waals surface area contributed by atoms with Crippen molar-refractivity contribution in [3.8, 4) is 34.3 Å². The van der Waals surface area contributed by atoms with E-state index < -0.39 is 0 Å². The van der Waals surface area contributed by atoms with Crippen molar-refractivity contribution in [3.05, 3.63) is 36.5 Å². The van der Waals surface area contributed by atoms with Crippen LogP contribution in [0.15, 0.2) is 36.5 Å². The Bertz CT molecular complexity index is 946. The monoisotopic (exact) mass is 408 g/mol. The topological polar surface area (TPSA) is 88.2 Å². The highest BCUT2D eigenvalue weighted by Crippen LogP contribution is 2.30. The van der Waals surface area contributed by atoms with Gasteiger partial charge in [0.25, 0.3) is 0 Å². The van der Waals surface area contributed by atoms with Gasteiger partial charge in [0.1, 0.15) is 17.3 Å². The molecular formula is C22H28N6O2. The number of aromatic nitrogens is 4. The Kier molecular flexibility index (Phi) is 6.44. The zero-order chi connectivity index (χ0) is 20.8. The zero-order valence-electron chi connectivity index (χ0n) is 17.5. The van der Waals surface area contributed by atoms with E-state index in [1.165, 1.54) is 25.9 Å². The van der Waals surface area contributed by atoms with Crippen molar-refractivity contribution in [1.29, 1.82) is 0 Å². The number of hydrogen-bond donors (Lipinski definition) is 2. The largest absolute Gasteiger partial charge is 0.497 e. The molecule has 1 aliphatic rings. The van der Waals surface area contributed by atoms with Crippen LogP contribution in [0.2, 0.25) is 0 Å². The van der Waals surface area contributed by atoms with Gasteiger partial charge in [-0.2, -0.15) is 5.10 Å². The first-order valence-electron chi connectivity index (χ1n) is 10.3. The number of rotatable bonds is 9. The molecule has 0 saturated carbocycles. The minimum Gasteiger partial charge on any atom is -0.497 e. The molecule has 1 aliphatic heterocycles. The maximum absolute atomic E-state index is 5.35. The van der Waals surface area contributed by atoms with E-state index in [9.17, 15) is 0 Å². The van der Waals surface area contributed by atoms with E-state index >= 15 is 0 Å². The molecule has 2 N–H and O–H groups in total. The quantitative estimate of drug-likeness (QED) is 0.524. The summed E-state index contributed by atoms with van der Waals surface area (Å²) in [5.41, 5.74) is 1.71. The van der Waals surface area contributed by atoms with E-state index in [0.29, 0.717) is 23.1 Å². The first-order chi connectivity index (χ1) is 14.8. The van der Waals surface area contributed by atoms with Crippen molar-refractivity contribution in [1.82, 2.24) is 25.1 Å². The number of ether oxygens (including phenoxy) is 2. The second-order valence-electron chi connectivity index (χ2n) is 7.34. The van der Waals surface area contributed by atoms with Crippen molar-refractivity contribution in [3.63, 3.8) is 0 Å². The molecule has 1 saturated heterocycles. The van der Waals surface area contributed by atoms with E-state index in [4.69, 9.17) is 9.47 Å². The van der Waals surface area contributed by atoms with Crippen LogP contribution in [-0.4, -0.2) is 65.5 Å². The van der Waals surface area contributed by atoms with Gasteiger partial charge in [-0.05, 0) is 63.2 Å². The molecule has 1 aromatic carbocycles. The molecule has 30 heavy (non-hydrogen) atoms. The number of likely N-dealkylation sites (tertiary alicyclic amines) is 1. The third-order valence-electron chi connectivity index (χ3n) is 5.30. The third-order valence-corrected chi connectivity index (χ3v) is 5.30. The fourth-order valence-corrected chi connectivity index (χ4v) is 3.70. The lowest BCUT2D eigenvalue weighted by Gasteiger charge is -2.15. The average Bonchev–Trinajstić information content (AvgIpc) is 3.49. The summed E-state index contributed by atoms with van der Waals surface area (Å²) in [5, 5.41) is 10.9. The Balaban J connectivity index is 1.48. The van der Waals surface area contributed by atoms with Crippen LogP contribution in [0, 0.1) is 0 Å². The second-order valence-corrected chi connectivity index (χ2v) is 7.34. The predicted octanol–water partition coefficient (Wildman–Crippen LogP) is 3.45. The summed E-state index contributed by atoms with van der Waals surface area (Å²) in [5.74, 6) is 3.44. The molecule has 8 nitrogen and oxygen atoms in total. The van der Waals surface area contributed by atoms with Crippen LogP contribution in [-0.2, 0) is 0 Å². The van der Waals surface area contributed by atoms with Gasteiger partial charge in [-0.25, -0.2) is 9.97 Å².